The molecule has 1 atom stereocenters. The second-order valence-corrected chi connectivity index (χ2v) is 8.92. The Bertz CT molecular complexity index is 965. The lowest BCUT2D eigenvalue weighted by Gasteiger charge is -2.19. The molecule has 3 N–H and O–H groups in total. The van der Waals surface area contributed by atoms with E-state index in [1.165, 1.54) is 0 Å². The molecule has 3 amide bonds. The van der Waals surface area contributed by atoms with Gasteiger partial charge in [0.25, 0.3) is 5.91 Å². The predicted octanol–water partition coefficient (Wildman–Crippen LogP) is 4.68. The molecule has 2 aromatic rings. The Labute approximate surface area is 195 Å². The van der Waals surface area contributed by atoms with Gasteiger partial charge in [-0.2, -0.15) is 0 Å². The maximum atomic E-state index is 12.6. The lowest BCUT2D eigenvalue weighted by Crippen LogP contribution is -2.37. The molecule has 0 spiro atoms. The molecule has 0 radical (unpaired) electrons. The van der Waals surface area contributed by atoms with Crippen molar-refractivity contribution in [1.29, 1.82) is 0 Å². The topological polar surface area (TPSA) is 106 Å². The third kappa shape index (κ3) is 8.84. The molecule has 0 aromatic heterocycles. The summed E-state index contributed by atoms with van der Waals surface area (Å²) in [7, 11) is 0. The molecule has 0 aliphatic rings. The van der Waals surface area contributed by atoms with E-state index in [4.69, 9.17) is 9.47 Å². The molecule has 0 heterocycles. The normalized spacial score (nSPS) is 12.0. The van der Waals surface area contributed by atoms with Crippen LogP contribution in [0.25, 0.3) is 0 Å². The summed E-state index contributed by atoms with van der Waals surface area (Å²) in [6.07, 6.45) is -1.36. The molecular formula is C25H33N3O5. The number of ether oxygens (including phenoxy) is 2. The Morgan fingerprint density at radius 2 is 1.45 bits per heavy atom. The quantitative estimate of drug-likeness (QED) is 0.536. The highest BCUT2D eigenvalue weighted by Crippen LogP contribution is 2.27. The Morgan fingerprint density at radius 1 is 0.879 bits per heavy atom. The van der Waals surface area contributed by atoms with Crippen molar-refractivity contribution in [3.63, 3.8) is 0 Å². The van der Waals surface area contributed by atoms with E-state index < -0.39 is 23.7 Å². The van der Waals surface area contributed by atoms with E-state index in [0.29, 0.717) is 17.1 Å². The molecule has 8 heteroatoms. The summed E-state index contributed by atoms with van der Waals surface area (Å²) in [5.74, 6) is 0.280. The number of anilines is 2. The Balaban J connectivity index is 1.85. The van der Waals surface area contributed by atoms with Gasteiger partial charge in [0.05, 0.1) is 0 Å². The Hall–Kier alpha value is -3.55. The molecule has 0 fully saturated rings. The van der Waals surface area contributed by atoms with E-state index >= 15 is 0 Å². The SMILES string of the molecule is CC(Oc1ccccc1C(C)C)C(=O)Nc1ccc(NC(=O)CNC(=O)OC(C)(C)C)cc1. The van der Waals surface area contributed by atoms with Gasteiger partial charge in [0.2, 0.25) is 5.91 Å². The van der Waals surface area contributed by atoms with Gasteiger partial charge in [-0.1, -0.05) is 32.0 Å². The number of benzene rings is 2. The summed E-state index contributed by atoms with van der Waals surface area (Å²) in [6.45, 7) is 10.8. The van der Waals surface area contributed by atoms with Gasteiger partial charge < -0.3 is 25.4 Å². The van der Waals surface area contributed by atoms with Gasteiger partial charge in [-0.15, -0.1) is 0 Å². The van der Waals surface area contributed by atoms with E-state index in [2.05, 4.69) is 29.8 Å². The van der Waals surface area contributed by atoms with E-state index in [1.807, 2.05) is 24.3 Å². The number of carbonyl (C=O) groups is 3. The van der Waals surface area contributed by atoms with Crippen molar-refractivity contribution in [2.45, 2.75) is 59.2 Å². The van der Waals surface area contributed by atoms with E-state index in [-0.39, 0.29) is 18.4 Å². The van der Waals surface area contributed by atoms with E-state index in [0.717, 1.165) is 5.56 Å². The van der Waals surface area contributed by atoms with Crippen molar-refractivity contribution < 1.29 is 23.9 Å². The molecule has 33 heavy (non-hydrogen) atoms. The van der Waals surface area contributed by atoms with Gasteiger partial charge >= 0.3 is 6.09 Å². The van der Waals surface area contributed by atoms with Gasteiger partial charge in [0.15, 0.2) is 6.10 Å². The zero-order chi connectivity index (χ0) is 24.6. The van der Waals surface area contributed by atoms with Crippen LogP contribution in [0.1, 0.15) is 53.0 Å². The smallest absolute Gasteiger partial charge is 0.408 e. The van der Waals surface area contributed by atoms with Gasteiger partial charge in [-0.25, -0.2) is 4.79 Å². The monoisotopic (exact) mass is 455 g/mol. The van der Waals surface area contributed by atoms with Gasteiger partial charge in [-0.05, 0) is 69.5 Å². The molecular weight excluding hydrogens is 422 g/mol. The molecule has 2 aromatic carbocycles. The minimum atomic E-state index is -0.691. The van der Waals surface area contributed by atoms with E-state index in [1.54, 1.807) is 52.0 Å². The number of amides is 3. The highest BCUT2D eigenvalue weighted by atomic mass is 16.6. The van der Waals surface area contributed by atoms with Crippen molar-refractivity contribution in [2.24, 2.45) is 0 Å². The standard InChI is InChI=1S/C25H33N3O5/c1-16(2)20-9-7-8-10-21(20)32-17(3)23(30)28-19-13-11-18(12-14-19)27-22(29)15-26-24(31)33-25(4,5)6/h7-14,16-17H,15H2,1-6H3,(H,26,31)(H,27,29)(H,28,30). The second-order valence-electron chi connectivity index (χ2n) is 8.92. The Kier molecular flexibility index (Phi) is 8.85. The molecule has 8 nitrogen and oxygen atoms in total. The van der Waals surface area contributed by atoms with Crippen LogP contribution >= 0.6 is 0 Å². The summed E-state index contributed by atoms with van der Waals surface area (Å²) in [5.41, 5.74) is 1.50. The molecule has 0 saturated carbocycles. The summed E-state index contributed by atoms with van der Waals surface area (Å²) in [6, 6.07) is 14.3. The zero-order valence-corrected chi connectivity index (χ0v) is 20.0. The van der Waals surface area contributed by atoms with Crippen molar-refractivity contribution in [1.82, 2.24) is 5.32 Å². The van der Waals surface area contributed by atoms with Crippen LogP contribution in [0.4, 0.5) is 16.2 Å². The number of hydrogen-bond acceptors (Lipinski definition) is 5. The maximum absolute atomic E-state index is 12.6. The van der Waals surface area contributed by atoms with Gasteiger partial charge in [-0.3, -0.25) is 9.59 Å². The fourth-order valence-electron chi connectivity index (χ4n) is 2.86. The van der Waals surface area contributed by atoms with Crippen molar-refractivity contribution >= 4 is 29.3 Å². The number of alkyl carbamates (subject to hydrolysis) is 1. The molecule has 178 valence electrons. The van der Waals surface area contributed by atoms with Crippen LogP contribution < -0.4 is 20.7 Å². The minimum absolute atomic E-state index is 0.222. The fourth-order valence-corrected chi connectivity index (χ4v) is 2.86. The first kappa shape index (κ1) is 25.7. The highest BCUT2D eigenvalue weighted by Gasteiger charge is 2.18. The van der Waals surface area contributed by atoms with Crippen LogP contribution in [-0.2, 0) is 14.3 Å². The first-order valence-corrected chi connectivity index (χ1v) is 10.9. The third-order valence-electron chi connectivity index (χ3n) is 4.44. The van der Waals surface area contributed by atoms with Gasteiger partial charge in [0.1, 0.15) is 17.9 Å². The average molecular weight is 456 g/mol. The predicted molar refractivity (Wildman–Crippen MR) is 129 cm³/mol. The summed E-state index contributed by atoms with van der Waals surface area (Å²) < 4.78 is 11.0. The van der Waals surface area contributed by atoms with Crippen molar-refractivity contribution in [3.8, 4) is 5.75 Å². The van der Waals surface area contributed by atoms with Crippen LogP contribution in [0.2, 0.25) is 0 Å². The molecule has 0 bridgehead atoms. The first-order valence-electron chi connectivity index (χ1n) is 10.9. The average Bonchev–Trinajstić information content (AvgIpc) is 2.72. The number of para-hydroxylation sites is 1. The van der Waals surface area contributed by atoms with Crippen LogP contribution in [0.5, 0.6) is 5.75 Å². The molecule has 2 rings (SSSR count). The lowest BCUT2D eigenvalue weighted by molar-refractivity contribution is -0.122. The largest absolute Gasteiger partial charge is 0.481 e. The first-order chi connectivity index (χ1) is 15.4. The highest BCUT2D eigenvalue weighted by molar-refractivity contribution is 5.96. The summed E-state index contributed by atoms with van der Waals surface area (Å²) in [5, 5.41) is 7.86. The third-order valence-corrected chi connectivity index (χ3v) is 4.44. The molecule has 0 aliphatic carbocycles. The second kappa shape index (κ2) is 11.4. The molecule has 0 saturated heterocycles. The van der Waals surface area contributed by atoms with Gasteiger partial charge in [0, 0.05) is 11.4 Å². The number of nitrogens with one attached hydrogen (secondary N) is 3. The molecule has 1 unspecified atom stereocenters. The minimum Gasteiger partial charge on any atom is -0.481 e. The summed E-state index contributed by atoms with van der Waals surface area (Å²) >= 11 is 0. The summed E-state index contributed by atoms with van der Waals surface area (Å²) in [4.78, 5) is 36.2. The van der Waals surface area contributed by atoms with Crippen LogP contribution in [0, 0.1) is 0 Å². The van der Waals surface area contributed by atoms with Crippen molar-refractivity contribution in [3.05, 3.63) is 54.1 Å². The van der Waals surface area contributed by atoms with Crippen LogP contribution in [0.3, 0.4) is 0 Å². The number of rotatable bonds is 8. The maximum Gasteiger partial charge on any atom is 0.408 e. The number of carbonyl (C=O) groups excluding carboxylic acids is 3. The van der Waals surface area contributed by atoms with Crippen molar-refractivity contribution in [2.75, 3.05) is 17.2 Å². The lowest BCUT2D eigenvalue weighted by atomic mass is 10.0. The Morgan fingerprint density at radius 3 is 2.03 bits per heavy atom. The zero-order valence-electron chi connectivity index (χ0n) is 20.0. The van der Waals surface area contributed by atoms with Crippen LogP contribution in [0.15, 0.2) is 48.5 Å². The number of hydrogen-bond donors (Lipinski definition) is 3. The fraction of sp³-hybridized carbons (Fsp3) is 0.400. The molecule has 0 aliphatic heterocycles. The van der Waals surface area contributed by atoms with Crippen LogP contribution in [-0.4, -0.2) is 36.2 Å². The van der Waals surface area contributed by atoms with E-state index in [9.17, 15) is 14.4 Å².